The highest BCUT2D eigenvalue weighted by atomic mass is 79.9. The molecule has 0 aromatic heterocycles. The van der Waals surface area contributed by atoms with Crippen LogP contribution < -0.4 is 10.6 Å². The highest BCUT2D eigenvalue weighted by Crippen LogP contribution is 2.26. The van der Waals surface area contributed by atoms with Crippen LogP contribution in [-0.4, -0.2) is 29.6 Å². The number of carboxylic acid groups (broad SMARTS) is 1. The molecule has 0 fully saturated rings. The first-order valence-corrected chi connectivity index (χ1v) is 8.64. The van der Waals surface area contributed by atoms with Crippen LogP contribution >= 0.6 is 15.9 Å². The van der Waals surface area contributed by atoms with Gasteiger partial charge in [-0.2, -0.15) is 0 Å². The topological polar surface area (TPSA) is 78.4 Å². The Balaban J connectivity index is 2.49. The van der Waals surface area contributed by atoms with Crippen molar-refractivity contribution < 1.29 is 14.7 Å². The monoisotopic (exact) mass is 384 g/mol. The van der Waals surface area contributed by atoms with Crippen LogP contribution in [0.5, 0.6) is 0 Å². The highest BCUT2D eigenvalue weighted by Gasteiger charge is 2.34. The average Bonchev–Trinajstić information content (AvgIpc) is 2.50. The van der Waals surface area contributed by atoms with Crippen molar-refractivity contribution in [1.29, 1.82) is 0 Å². The maximum Gasteiger partial charge on any atom is 0.310 e. The van der Waals surface area contributed by atoms with Crippen molar-refractivity contribution >= 4 is 33.5 Å². The van der Waals surface area contributed by atoms with Gasteiger partial charge in [-0.1, -0.05) is 29.8 Å². The van der Waals surface area contributed by atoms with E-state index in [0.29, 0.717) is 25.8 Å². The zero-order chi connectivity index (χ0) is 17.5. The maximum absolute atomic E-state index is 12.0. The van der Waals surface area contributed by atoms with E-state index in [2.05, 4.69) is 26.6 Å². The van der Waals surface area contributed by atoms with Crippen molar-refractivity contribution in [2.75, 3.05) is 11.9 Å². The van der Waals surface area contributed by atoms with Gasteiger partial charge in [-0.25, -0.2) is 0 Å². The third-order valence-corrected chi connectivity index (χ3v) is 4.74. The zero-order valence-electron chi connectivity index (χ0n) is 13.9. The van der Waals surface area contributed by atoms with Crippen LogP contribution in [0.25, 0.3) is 0 Å². The highest BCUT2D eigenvalue weighted by molar-refractivity contribution is 9.10. The first-order chi connectivity index (χ1) is 10.8. The molecule has 0 aliphatic rings. The molecular weight excluding hydrogens is 360 g/mol. The van der Waals surface area contributed by atoms with Gasteiger partial charge in [0, 0.05) is 29.2 Å². The summed E-state index contributed by atoms with van der Waals surface area (Å²) in [5.41, 5.74) is -0.0245. The molecule has 128 valence electrons. The van der Waals surface area contributed by atoms with Gasteiger partial charge in [0.1, 0.15) is 0 Å². The van der Waals surface area contributed by atoms with Crippen LogP contribution in [0.2, 0.25) is 0 Å². The van der Waals surface area contributed by atoms with Crippen LogP contribution in [0.1, 0.15) is 40.0 Å². The summed E-state index contributed by atoms with van der Waals surface area (Å²) in [5.74, 6) is -0.886. The lowest BCUT2D eigenvalue weighted by molar-refractivity contribution is -0.149. The zero-order valence-corrected chi connectivity index (χ0v) is 15.4. The van der Waals surface area contributed by atoms with Crippen LogP contribution in [0, 0.1) is 5.41 Å². The van der Waals surface area contributed by atoms with E-state index in [9.17, 15) is 14.7 Å². The van der Waals surface area contributed by atoms with Crippen molar-refractivity contribution in [3.8, 4) is 0 Å². The van der Waals surface area contributed by atoms with Crippen molar-refractivity contribution in [2.45, 2.75) is 46.1 Å². The molecule has 1 amide bonds. The molecule has 0 bridgehead atoms. The van der Waals surface area contributed by atoms with E-state index in [1.54, 1.807) is 0 Å². The summed E-state index contributed by atoms with van der Waals surface area (Å²) in [4.78, 5) is 23.5. The van der Waals surface area contributed by atoms with Gasteiger partial charge in [-0.3, -0.25) is 9.59 Å². The fourth-order valence-corrected chi connectivity index (χ4v) is 2.61. The molecule has 1 aromatic carbocycles. The van der Waals surface area contributed by atoms with E-state index in [4.69, 9.17) is 0 Å². The van der Waals surface area contributed by atoms with Gasteiger partial charge >= 0.3 is 5.97 Å². The maximum atomic E-state index is 12.0. The third kappa shape index (κ3) is 5.95. The van der Waals surface area contributed by atoms with Crippen molar-refractivity contribution in [2.24, 2.45) is 5.41 Å². The number of amides is 1. The molecule has 1 unspecified atom stereocenters. The summed E-state index contributed by atoms with van der Waals surface area (Å²) in [6.07, 6.45) is 1.41. The summed E-state index contributed by atoms with van der Waals surface area (Å²) in [6.45, 7) is 6.01. The summed E-state index contributed by atoms with van der Waals surface area (Å²) in [6, 6.07) is 7.28. The van der Waals surface area contributed by atoms with Gasteiger partial charge in [0.2, 0.25) is 5.91 Å². The second kappa shape index (κ2) is 9.03. The number of nitrogens with one attached hydrogen (secondary N) is 2. The SMILES string of the molecule is CCC(CC)(CNC(C)CC(=O)Nc1ccc(Br)cc1)C(=O)O. The second-order valence-corrected chi connectivity index (χ2v) is 6.75. The smallest absolute Gasteiger partial charge is 0.310 e. The standard InChI is InChI=1S/C17H25BrN2O3/c1-4-17(5-2,16(22)23)11-19-12(3)10-15(21)20-14-8-6-13(18)7-9-14/h6-9,12,19H,4-5,10-11H2,1-3H3,(H,20,21)(H,22,23). The molecule has 1 atom stereocenters. The number of benzene rings is 1. The number of carbonyl (C=O) groups is 2. The number of aliphatic carboxylic acids is 1. The first-order valence-electron chi connectivity index (χ1n) is 7.85. The van der Waals surface area contributed by atoms with Crippen molar-refractivity contribution in [3.63, 3.8) is 0 Å². The fraction of sp³-hybridized carbons (Fsp3) is 0.529. The Bertz CT molecular complexity index is 527. The molecule has 0 heterocycles. The Kier molecular flexibility index (Phi) is 7.72. The number of halogens is 1. The summed E-state index contributed by atoms with van der Waals surface area (Å²) < 4.78 is 0.953. The molecule has 23 heavy (non-hydrogen) atoms. The minimum absolute atomic E-state index is 0.0951. The van der Waals surface area contributed by atoms with E-state index in [1.165, 1.54) is 0 Å². The van der Waals surface area contributed by atoms with Crippen LogP contribution in [-0.2, 0) is 9.59 Å². The number of rotatable bonds is 9. The fourth-order valence-electron chi connectivity index (χ4n) is 2.34. The normalized spacial score (nSPS) is 12.7. The van der Waals surface area contributed by atoms with E-state index in [0.717, 1.165) is 10.2 Å². The molecule has 0 spiro atoms. The molecule has 0 radical (unpaired) electrons. The Morgan fingerprint density at radius 3 is 2.26 bits per heavy atom. The molecule has 6 heteroatoms. The number of carboxylic acids is 1. The lowest BCUT2D eigenvalue weighted by atomic mass is 9.82. The Morgan fingerprint density at radius 1 is 1.22 bits per heavy atom. The Labute approximate surface area is 146 Å². The predicted molar refractivity (Wildman–Crippen MR) is 95.5 cm³/mol. The van der Waals surface area contributed by atoms with Crippen LogP contribution in [0.15, 0.2) is 28.7 Å². The minimum atomic E-state index is -0.790. The van der Waals surface area contributed by atoms with Crippen molar-refractivity contribution in [3.05, 3.63) is 28.7 Å². The second-order valence-electron chi connectivity index (χ2n) is 5.83. The van der Waals surface area contributed by atoms with E-state index >= 15 is 0 Å². The molecule has 1 rings (SSSR count). The summed E-state index contributed by atoms with van der Waals surface area (Å²) in [5, 5.41) is 15.4. The number of hydrogen-bond acceptors (Lipinski definition) is 3. The number of hydrogen-bond donors (Lipinski definition) is 3. The Morgan fingerprint density at radius 2 is 1.78 bits per heavy atom. The lowest BCUT2D eigenvalue weighted by Crippen LogP contribution is -2.44. The number of anilines is 1. The summed E-state index contributed by atoms with van der Waals surface area (Å²) >= 11 is 3.35. The minimum Gasteiger partial charge on any atom is -0.481 e. The van der Waals surface area contributed by atoms with Gasteiger partial charge in [0.15, 0.2) is 0 Å². The van der Waals surface area contributed by atoms with Gasteiger partial charge in [-0.15, -0.1) is 0 Å². The predicted octanol–water partition coefficient (Wildman–Crippen LogP) is 3.65. The van der Waals surface area contributed by atoms with E-state index in [1.807, 2.05) is 45.0 Å². The molecule has 5 nitrogen and oxygen atoms in total. The van der Waals surface area contributed by atoms with Gasteiger partial charge in [0.25, 0.3) is 0 Å². The third-order valence-electron chi connectivity index (χ3n) is 4.22. The quantitative estimate of drug-likeness (QED) is 0.607. The van der Waals surface area contributed by atoms with E-state index in [-0.39, 0.29) is 11.9 Å². The Hall–Kier alpha value is -1.40. The molecule has 0 saturated heterocycles. The molecule has 0 aliphatic heterocycles. The van der Waals surface area contributed by atoms with Gasteiger partial charge in [-0.05, 0) is 44.0 Å². The molecule has 0 aliphatic carbocycles. The van der Waals surface area contributed by atoms with Crippen LogP contribution in [0.4, 0.5) is 5.69 Å². The van der Waals surface area contributed by atoms with Crippen LogP contribution in [0.3, 0.4) is 0 Å². The van der Waals surface area contributed by atoms with Crippen molar-refractivity contribution in [1.82, 2.24) is 5.32 Å². The number of carbonyl (C=O) groups excluding carboxylic acids is 1. The average molecular weight is 385 g/mol. The largest absolute Gasteiger partial charge is 0.481 e. The molecule has 3 N–H and O–H groups in total. The van der Waals surface area contributed by atoms with Gasteiger partial charge < -0.3 is 15.7 Å². The first kappa shape index (κ1) is 19.6. The van der Waals surface area contributed by atoms with E-state index < -0.39 is 11.4 Å². The molecule has 0 saturated carbocycles. The lowest BCUT2D eigenvalue weighted by Gasteiger charge is -2.28. The molecular formula is C17H25BrN2O3. The summed E-state index contributed by atoms with van der Waals surface area (Å²) in [7, 11) is 0. The molecule has 1 aromatic rings. The van der Waals surface area contributed by atoms with Gasteiger partial charge in [0.05, 0.1) is 5.41 Å².